The summed E-state index contributed by atoms with van der Waals surface area (Å²) in [6.45, 7) is 1.89. The molecule has 4 rings (SSSR count). The second kappa shape index (κ2) is 7.95. The molecule has 1 amide bonds. The van der Waals surface area contributed by atoms with Crippen molar-refractivity contribution in [1.82, 2.24) is 10.3 Å². The van der Waals surface area contributed by atoms with Crippen molar-refractivity contribution in [2.45, 2.75) is 32.2 Å². The topological polar surface area (TPSA) is 62.2 Å². The molecule has 0 saturated heterocycles. The van der Waals surface area contributed by atoms with Gasteiger partial charge in [-0.1, -0.05) is 55.5 Å². The molecule has 28 heavy (non-hydrogen) atoms. The first-order chi connectivity index (χ1) is 13.7. The minimum atomic E-state index is -0.240. The smallest absolute Gasteiger partial charge is 0.252 e. The van der Waals surface area contributed by atoms with Gasteiger partial charge in [0.1, 0.15) is 0 Å². The third kappa shape index (κ3) is 3.43. The average Bonchev–Trinajstić information content (AvgIpc) is 3.12. The second-order valence-electron chi connectivity index (χ2n) is 7.17. The monoisotopic (exact) mass is 372 g/mol. The van der Waals surface area contributed by atoms with Crippen molar-refractivity contribution in [3.63, 3.8) is 0 Å². The predicted molar refractivity (Wildman–Crippen MR) is 113 cm³/mol. The highest BCUT2D eigenvalue weighted by atomic mass is 16.3. The SMILES string of the molecule is CCC(CO)NC(=O)c1c2c(nc3ccccc13)/C(=C\c1ccccc1)CC2. The summed E-state index contributed by atoms with van der Waals surface area (Å²) in [6, 6.07) is 17.8. The van der Waals surface area contributed by atoms with Crippen LogP contribution in [0.15, 0.2) is 54.6 Å². The van der Waals surface area contributed by atoms with Crippen LogP contribution in [0.25, 0.3) is 22.6 Å². The molecule has 2 N–H and O–H groups in total. The molecular weight excluding hydrogens is 348 g/mol. The lowest BCUT2D eigenvalue weighted by atomic mass is 9.99. The third-order valence-corrected chi connectivity index (χ3v) is 5.36. The number of aliphatic hydroxyl groups excluding tert-OH is 1. The predicted octanol–water partition coefficient (Wildman–Crippen LogP) is 4.22. The van der Waals surface area contributed by atoms with Crippen LogP contribution in [0.2, 0.25) is 0 Å². The highest BCUT2D eigenvalue weighted by Crippen LogP contribution is 2.37. The van der Waals surface area contributed by atoms with Crippen LogP contribution in [-0.2, 0) is 6.42 Å². The fourth-order valence-corrected chi connectivity index (χ4v) is 3.82. The molecule has 0 bridgehead atoms. The molecule has 1 unspecified atom stereocenters. The standard InChI is InChI=1S/C24H24N2O2/c1-2-18(15-27)25-24(28)22-19-10-6-7-11-21(19)26-23-17(12-13-20(22)23)14-16-8-4-3-5-9-16/h3-11,14,18,27H,2,12-13,15H2,1H3,(H,25,28)/b17-14-. The molecule has 142 valence electrons. The summed E-state index contributed by atoms with van der Waals surface area (Å²) in [4.78, 5) is 18.0. The van der Waals surface area contributed by atoms with Gasteiger partial charge in [0.2, 0.25) is 0 Å². The zero-order valence-corrected chi connectivity index (χ0v) is 16.0. The first-order valence-electron chi connectivity index (χ1n) is 9.80. The van der Waals surface area contributed by atoms with Gasteiger partial charge in [0, 0.05) is 5.39 Å². The Kier molecular flexibility index (Phi) is 5.22. The van der Waals surface area contributed by atoms with Gasteiger partial charge in [0.05, 0.1) is 29.4 Å². The average molecular weight is 372 g/mol. The van der Waals surface area contributed by atoms with E-state index in [4.69, 9.17) is 4.98 Å². The van der Waals surface area contributed by atoms with Gasteiger partial charge < -0.3 is 10.4 Å². The van der Waals surface area contributed by atoms with E-state index >= 15 is 0 Å². The lowest BCUT2D eigenvalue weighted by Gasteiger charge is -2.17. The van der Waals surface area contributed by atoms with E-state index in [2.05, 4.69) is 23.5 Å². The molecule has 1 aromatic heterocycles. The lowest BCUT2D eigenvalue weighted by molar-refractivity contribution is 0.0915. The van der Waals surface area contributed by atoms with Crippen molar-refractivity contribution in [2.24, 2.45) is 0 Å². The number of hydrogen-bond acceptors (Lipinski definition) is 3. The van der Waals surface area contributed by atoms with Crippen molar-refractivity contribution in [3.8, 4) is 0 Å². The minimum Gasteiger partial charge on any atom is -0.394 e. The molecule has 0 aliphatic heterocycles. The minimum absolute atomic E-state index is 0.0629. The Balaban J connectivity index is 1.84. The van der Waals surface area contributed by atoms with Crippen LogP contribution < -0.4 is 5.32 Å². The number of amides is 1. The number of hydrogen-bond donors (Lipinski definition) is 2. The van der Waals surface area contributed by atoms with Crippen LogP contribution in [0.4, 0.5) is 0 Å². The fourth-order valence-electron chi connectivity index (χ4n) is 3.82. The Hall–Kier alpha value is -2.98. The van der Waals surface area contributed by atoms with Gasteiger partial charge in [-0.25, -0.2) is 4.98 Å². The quantitative estimate of drug-likeness (QED) is 0.705. The molecule has 4 heteroatoms. The maximum atomic E-state index is 13.1. The number of fused-ring (bicyclic) bond motifs is 2. The Morgan fingerprint density at radius 3 is 2.64 bits per heavy atom. The summed E-state index contributed by atoms with van der Waals surface area (Å²) < 4.78 is 0. The fraction of sp³-hybridized carbons (Fsp3) is 0.250. The molecule has 1 aliphatic carbocycles. The Bertz CT molecular complexity index is 1040. The number of carbonyl (C=O) groups is 1. The maximum Gasteiger partial charge on any atom is 0.252 e. The van der Waals surface area contributed by atoms with Crippen molar-refractivity contribution < 1.29 is 9.90 Å². The summed E-state index contributed by atoms with van der Waals surface area (Å²) in [5.41, 5.74) is 5.75. The van der Waals surface area contributed by atoms with E-state index in [-0.39, 0.29) is 18.6 Å². The number of rotatable bonds is 5. The lowest BCUT2D eigenvalue weighted by Crippen LogP contribution is -2.37. The second-order valence-corrected chi connectivity index (χ2v) is 7.17. The number of allylic oxidation sites excluding steroid dienone is 1. The van der Waals surface area contributed by atoms with E-state index in [0.717, 1.165) is 46.1 Å². The van der Waals surface area contributed by atoms with Crippen LogP contribution in [0.3, 0.4) is 0 Å². The van der Waals surface area contributed by atoms with Crippen LogP contribution in [0.5, 0.6) is 0 Å². The van der Waals surface area contributed by atoms with Crippen LogP contribution in [0.1, 0.15) is 46.9 Å². The third-order valence-electron chi connectivity index (χ3n) is 5.36. The number of aliphatic hydroxyl groups is 1. The summed E-state index contributed by atoms with van der Waals surface area (Å²) in [5.74, 6) is -0.128. The molecule has 0 radical (unpaired) electrons. The van der Waals surface area contributed by atoms with Gasteiger partial charge in [-0.2, -0.15) is 0 Å². The molecule has 2 aromatic carbocycles. The van der Waals surface area contributed by atoms with Crippen LogP contribution >= 0.6 is 0 Å². The van der Waals surface area contributed by atoms with Crippen molar-refractivity contribution in [1.29, 1.82) is 0 Å². The molecule has 3 aromatic rings. The molecular formula is C24H24N2O2. The summed E-state index contributed by atoms with van der Waals surface area (Å²) >= 11 is 0. The Morgan fingerprint density at radius 2 is 1.89 bits per heavy atom. The molecule has 0 fully saturated rings. The summed E-state index contributed by atoms with van der Waals surface area (Å²) in [6.07, 6.45) is 4.51. The highest BCUT2D eigenvalue weighted by molar-refractivity contribution is 6.09. The van der Waals surface area contributed by atoms with Gasteiger partial charge >= 0.3 is 0 Å². The Morgan fingerprint density at radius 1 is 1.14 bits per heavy atom. The zero-order valence-electron chi connectivity index (χ0n) is 16.0. The first-order valence-corrected chi connectivity index (χ1v) is 9.80. The number of pyridine rings is 1. The number of nitrogens with zero attached hydrogens (tertiary/aromatic N) is 1. The molecule has 1 heterocycles. The normalized spacial score (nSPS) is 15.6. The largest absolute Gasteiger partial charge is 0.394 e. The van der Waals surface area contributed by atoms with Gasteiger partial charge in [0.15, 0.2) is 0 Å². The summed E-state index contributed by atoms with van der Waals surface area (Å²) in [7, 11) is 0. The van der Waals surface area contributed by atoms with Gasteiger partial charge in [-0.3, -0.25) is 4.79 Å². The maximum absolute atomic E-state index is 13.1. The number of para-hydroxylation sites is 1. The van der Waals surface area contributed by atoms with Gasteiger partial charge in [-0.15, -0.1) is 0 Å². The molecule has 0 saturated carbocycles. The van der Waals surface area contributed by atoms with E-state index in [1.54, 1.807) is 0 Å². The van der Waals surface area contributed by atoms with Gasteiger partial charge in [0.25, 0.3) is 5.91 Å². The van der Waals surface area contributed by atoms with E-state index in [9.17, 15) is 9.90 Å². The van der Waals surface area contributed by atoms with E-state index in [1.165, 1.54) is 0 Å². The molecule has 4 nitrogen and oxygen atoms in total. The van der Waals surface area contributed by atoms with E-state index < -0.39 is 0 Å². The van der Waals surface area contributed by atoms with Crippen LogP contribution in [-0.4, -0.2) is 28.6 Å². The van der Waals surface area contributed by atoms with Crippen molar-refractivity contribution >= 4 is 28.5 Å². The van der Waals surface area contributed by atoms with Crippen molar-refractivity contribution in [2.75, 3.05) is 6.61 Å². The van der Waals surface area contributed by atoms with Crippen molar-refractivity contribution in [3.05, 3.63) is 77.0 Å². The van der Waals surface area contributed by atoms with Gasteiger partial charge in [-0.05, 0) is 48.1 Å². The number of benzene rings is 2. The molecule has 1 atom stereocenters. The molecule has 0 spiro atoms. The highest BCUT2D eigenvalue weighted by Gasteiger charge is 2.27. The van der Waals surface area contributed by atoms with E-state index in [1.807, 2.05) is 49.4 Å². The molecule has 1 aliphatic rings. The number of nitrogens with one attached hydrogen (secondary N) is 1. The number of carbonyl (C=O) groups excluding carboxylic acids is 1. The van der Waals surface area contributed by atoms with E-state index in [0.29, 0.717) is 12.0 Å². The first kappa shape index (κ1) is 18.4. The number of aromatic nitrogens is 1. The zero-order chi connectivity index (χ0) is 19.5. The van der Waals surface area contributed by atoms with Crippen LogP contribution in [0, 0.1) is 0 Å². The Labute approximate surface area is 164 Å². The summed E-state index contributed by atoms with van der Waals surface area (Å²) in [5, 5.41) is 13.3.